The van der Waals surface area contributed by atoms with Crippen molar-refractivity contribution in [1.29, 1.82) is 0 Å². The average Bonchev–Trinajstić information content (AvgIpc) is 2.86. The Balaban J connectivity index is 1.65. The summed E-state index contributed by atoms with van der Waals surface area (Å²) in [4.78, 5) is 2.76. The lowest BCUT2D eigenvalue weighted by atomic mass is 10.0. The molecule has 0 saturated carbocycles. The number of benzene rings is 1. The van der Waals surface area contributed by atoms with Gasteiger partial charge in [0.2, 0.25) is 0 Å². The molecule has 20 heavy (non-hydrogen) atoms. The molecule has 0 aromatic heterocycles. The maximum atomic E-state index is 3.77. The Hall–Kier alpha value is -0.860. The van der Waals surface area contributed by atoms with Crippen LogP contribution in [0.1, 0.15) is 44.2 Å². The van der Waals surface area contributed by atoms with Gasteiger partial charge in [0.15, 0.2) is 0 Å². The van der Waals surface area contributed by atoms with E-state index in [0.29, 0.717) is 12.1 Å². The highest BCUT2D eigenvalue weighted by Gasteiger charge is 2.28. The minimum atomic E-state index is 0.659. The first kappa shape index (κ1) is 14.1. The fraction of sp³-hybridized carbons (Fsp3) is 0.667. The second-order valence-corrected chi connectivity index (χ2v) is 6.62. The molecule has 1 heterocycles. The Labute approximate surface area is 123 Å². The zero-order valence-electron chi connectivity index (χ0n) is 12.9. The van der Waals surface area contributed by atoms with Crippen LogP contribution in [-0.4, -0.2) is 36.1 Å². The molecule has 1 fully saturated rings. The van der Waals surface area contributed by atoms with Crippen LogP contribution < -0.4 is 5.32 Å². The Morgan fingerprint density at radius 1 is 1.10 bits per heavy atom. The Bertz CT molecular complexity index is 418. The van der Waals surface area contributed by atoms with E-state index in [-0.39, 0.29) is 0 Å². The molecular weight excluding hydrogens is 244 g/mol. The molecule has 3 rings (SSSR count). The average molecular weight is 272 g/mol. The van der Waals surface area contributed by atoms with E-state index in [2.05, 4.69) is 48.3 Å². The maximum Gasteiger partial charge on any atom is 0.0176 e. The number of hydrogen-bond acceptors (Lipinski definition) is 2. The topological polar surface area (TPSA) is 15.3 Å². The molecule has 110 valence electrons. The maximum absolute atomic E-state index is 3.77. The molecule has 2 nitrogen and oxygen atoms in total. The predicted octanol–water partition coefficient (Wildman–Crippen LogP) is 3.01. The SMILES string of the molecule is CCC1CCN(C2Cc3ccccc3C2)CCC(C)N1. The van der Waals surface area contributed by atoms with Crippen LogP contribution in [0.25, 0.3) is 0 Å². The minimum absolute atomic E-state index is 0.659. The second kappa shape index (κ2) is 6.28. The summed E-state index contributed by atoms with van der Waals surface area (Å²) in [7, 11) is 0. The standard InChI is InChI=1S/C18H28N2/c1-3-17-9-11-20(10-8-14(2)19-17)18-12-15-6-4-5-7-16(15)13-18/h4-7,14,17-19H,3,8-13H2,1-2H3. The van der Waals surface area contributed by atoms with Gasteiger partial charge >= 0.3 is 0 Å². The van der Waals surface area contributed by atoms with E-state index < -0.39 is 0 Å². The van der Waals surface area contributed by atoms with Crippen molar-refractivity contribution in [3.8, 4) is 0 Å². The second-order valence-electron chi connectivity index (χ2n) is 6.62. The number of nitrogens with zero attached hydrogens (tertiary/aromatic N) is 1. The number of fused-ring (bicyclic) bond motifs is 1. The summed E-state index contributed by atoms with van der Waals surface area (Å²) in [5, 5.41) is 3.77. The largest absolute Gasteiger partial charge is 0.311 e. The molecule has 1 saturated heterocycles. The summed E-state index contributed by atoms with van der Waals surface area (Å²) in [6.07, 6.45) is 6.35. The van der Waals surface area contributed by atoms with Gasteiger partial charge in [-0.25, -0.2) is 0 Å². The van der Waals surface area contributed by atoms with Crippen molar-refractivity contribution in [1.82, 2.24) is 10.2 Å². The monoisotopic (exact) mass is 272 g/mol. The van der Waals surface area contributed by atoms with Crippen molar-refractivity contribution in [2.45, 2.75) is 64.1 Å². The lowest BCUT2D eigenvalue weighted by Crippen LogP contribution is -2.47. The van der Waals surface area contributed by atoms with Gasteiger partial charge < -0.3 is 5.32 Å². The Morgan fingerprint density at radius 3 is 2.40 bits per heavy atom. The summed E-state index contributed by atoms with van der Waals surface area (Å²) in [6, 6.07) is 11.1. The molecule has 0 spiro atoms. The molecule has 0 bridgehead atoms. The molecule has 2 atom stereocenters. The van der Waals surface area contributed by atoms with Crippen LogP contribution in [0.3, 0.4) is 0 Å². The fourth-order valence-electron chi connectivity index (χ4n) is 3.84. The van der Waals surface area contributed by atoms with Crippen LogP contribution in [0.5, 0.6) is 0 Å². The fourth-order valence-corrected chi connectivity index (χ4v) is 3.84. The Morgan fingerprint density at radius 2 is 1.75 bits per heavy atom. The van der Waals surface area contributed by atoms with E-state index in [0.717, 1.165) is 6.04 Å². The van der Waals surface area contributed by atoms with Crippen LogP contribution in [0.2, 0.25) is 0 Å². The Kier molecular flexibility index (Phi) is 4.42. The minimum Gasteiger partial charge on any atom is -0.311 e. The van der Waals surface area contributed by atoms with Gasteiger partial charge in [0.05, 0.1) is 0 Å². The summed E-state index contributed by atoms with van der Waals surface area (Å²) in [5.74, 6) is 0. The van der Waals surface area contributed by atoms with Gasteiger partial charge in [0.1, 0.15) is 0 Å². The molecule has 1 aromatic rings. The highest BCUT2D eigenvalue weighted by Crippen LogP contribution is 2.26. The third-order valence-corrected chi connectivity index (χ3v) is 5.17. The predicted molar refractivity (Wildman–Crippen MR) is 85.1 cm³/mol. The number of hydrogen-bond donors (Lipinski definition) is 1. The van der Waals surface area contributed by atoms with E-state index in [1.807, 2.05) is 0 Å². The number of nitrogens with one attached hydrogen (secondary N) is 1. The molecule has 2 unspecified atom stereocenters. The first-order valence-corrected chi connectivity index (χ1v) is 8.33. The first-order chi connectivity index (χ1) is 9.76. The molecule has 1 N–H and O–H groups in total. The molecule has 1 aliphatic carbocycles. The van der Waals surface area contributed by atoms with Crippen molar-refractivity contribution in [2.24, 2.45) is 0 Å². The van der Waals surface area contributed by atoms with Crippen molar-refractivity contribution < 1.29 is 0 Å². The zero-order valence-corrected chi connectivity index (χ0v) is 12.9. The van der Waals surface area contributed by atoms with E-state index in [1.165, 1.54) is 45.2 Å². The van der Waals surface area contributed by atoms with Crippen LogP contribution in [0.15, 0.2) is 24.3 Å². The normalized spacial score (nSPS) is 28.9. The molecule has 0 amide bonds. The van der Waals surface area contributed by atoms with Crippen LogP contribution >= 0.6 is 0 Å². The molecule has 2 aliphatic rings. The van der Waals surface area contributed by atoms with E-state index in [1.54, 1.807) is 11.1 Å². The molecule has 0 radical (unpaired) electrons. The molecule has 2 heteroatoms. The third-order valence-electron chi connectivity index (χ3n) is 5.17. The van der Waals surface area contributed by atoms with E-state index in [9.17, 15) is 0 Å². The molecule has 1 aromatic carbocycles. The summed E-state index contributed by atoms with van der Waals surface area (Å²) >= 11 is 0. The highest BCUT2D eigenvalue weighted by molar-refractivity contribution is 5.33. The summed E-state index contributed by atoms with van der Waals surface area (Å²) < 4.78 is 0. The van der Waals surface area contributed by atoms with Gasteiger partial charge in [-0.3, -0.25) is 4.90 Å². The quantitative estimate of drug-likeness (QED) is 0.890. The van der Waals surface area contributed by atoms with Gasteiger partial charge in [0.25, 0.3) is 0 Å². The van der Waals surface area contributed by atoms with Gasteiger partial charge in [-0.05, 0) is 63.2 Å². The zero-order chi connectivity index (χ0) is 13.9. The lowest BCUT2D eigenvalue weighted by molar-refractivity contribution is 0.162. The van der Waals surface area contributed by atoms with Crippen LogP contribution in [-0.2, 0) is 12.8 Å². The van der Waals surface area contributed by atoms with E-state index in [4.69, 9.17) is 0 Å². The third kappa shape index (κ3) is 3.07. The van der Waals surface area contributed by atoms with Crippen molar-refractivity contribution >= 4 is 0 Å². The lowest BCUT2D eigenvalue weighted by Gasteiger charge is -2.35. The number of rotatable bonds is 2. The smallest absolute Gasteiger partial charge is 0.0176 e. The molecule has 1 aliphatic heterocycles. The summed E-state index contributed by atoms with van der Waals surface area (Å²) in [6.45, 7) is 7.16. The first-order valence-electron chi connectivity index (χ1n) is 8.33. The van der Waals surface area contributed by atoms with Gasteiger partial charge in [-0.15, -0.1) is 0 Å². The van der Waals surface area contributed by atoms with Gasteiger partial charge in [0, 0.05) is 18.1 Å². The van der Waals surface area contributed by atoms with E-state index >= 15 is 0 Å². The van der Waals surface area contributed by atoms with Gasteiger partial charge in [-0.1, -0.05) is 31.2 Å². The van der Waals surface area contributed by atoms with Crippen molar-refractivity contribution in [3.05, 3.63) is 35.4 Å². The van der Waals surface area contributed by atoms with Crippen molar-refractivity contribution in [3.63, 3.8) is 0 Å². The van der Waals surface area contributed by atoms with Crippen LogP contribution in [0, 0.1) is 0 Å². The molecular formula is C18H28N2. The summed E-state index contributed by atoms with van der Waals surface area (Å²) in [5.41, 5.74) is 3.16. The van der Waals surface area contributed by atoms with Crippen molar-refractivity contribution in [2.75, 3.05) is 13.1 Å². The highest BCUT2D eigenvalue weighted by atomic mass is 15.2. The van der Waals surface area contributed by atoms with Crippen LogP contribution in [0.4, 0.5) is 0 Å². The van der Waals surface area contributed by atoms with Gasteiger partial charge in [-0.2, -0.15) is 0 Å².